The largest absolute Gasteiger partial charge is 0.460 e. The minimum atomic E-state index is -1.09. The Morgan fingerprint density at radius 3 is 2.30 bits per heavy atom. The topological polar surface area (TPSA) is 58.6 Å². The molecule has 6 aliphatic carbocycles. The number of alkyl halides is 1. The number of hydrogen-bond acceptors (Lipinski definition) is 4. The van der Waals surface area contributed by atoms with E-state index in [1.807, 2.05) is 44.2 Å². The van der Waals surface area contributed by atoms with Gasteiger partial charge in [-0.15, -0.1) is 0 Å². The molecule has 1 aromatic carbocycles. The number of carbonyl (C=O) groups is 1. The lowest BCUT2D eigenvalue weighted by Gasteiger charge is -2.72. The summed E-state index contributed by atoms with van der Waals surface area (Å²) in [7, 11) is 0. The van der Waals surface area contributed by atoms with Gasteiger partial charge in [0.25, 0.3) is 0 Å². The summed E-state index contributed by atoms with van der Waals surface area (Å²) >= 11 is 0. The van der Waals surface area contributed by atoms with Crippen molar-refractivity contribution in [2.24, 2.45) is 56.7 Å². The van der Waals surface area contributed by atoms with Gasteiger partial charge >= 0.3 is 5.97 Å². The predicted octanol–water partition coefficient (Wildman–Crippen LogP) is 11.1. The van der Waals surface area contributed by atoms with Crippen molar-refractivity contribution in [2.45, 2.75) is 150 Å². The van der Waals surface area contributed by atoms with Crippen molar-refractivity contribution in [3.63, 3.8) is 0 Å². The number of carbonyl (C=O) groups excluding carboxylic acids is 1. The lowest BCUT2D eigenvalue weighted by molar-refractivity contribution is -0.221. The van der Waals surface area contributed by atoms with Gasteiger partial charge in [-0.2, -0.15) is 0 Å². The van der Waals surface area contributed by atoms with E-state index in [2.05, 4.69) is 65.6 Å². The molecular weight excluding hydrogens is 658 g/mol. The number of aliphatic hydroxyl groups is 1. The van der Waals surface area contributed by atoms with E-state index in [1.54, 1.807) is 0 Å². The zero-order chi connectivity index (χ0) is 38.2. The summed E-state index contributed by atoms with van der Waals surface area (Å²) in [6.07, 6.45) is 17.4. The number of fused-ring (bicyclic) bond motifs is 7. The SMILES string of the molecule is C=C(C)[C@@H]1CC[C@]2(NCC(C)(C)O)CC[C@]3(C)[C@H](CCC4[C@@]5(C)CC=C(C6=CC[C@](CF)(C(=O)OCc7ccccc7)CC6)C(C)(C)C5CC[C@]43C)C12. The third kappa shape index (κ3) is 6.16. The van der Waals surface area contributed by atoms with Crippen LogP contribution < -0.4 is 5.32 Å². The van der Waals surface area contributed by atoms with E-state index in [1.165, 1.54) is 68.1 Å². The highest BCUT2D eigenvalue weighted by Crippen LogP contribution is 2.76. The van der Waals surface area contributed by atoms with Crippen molar-refractivity contribution < 1.29 is 19.0 Å². The van der Waals surface area contributed by atoms with Crippen LogP contribution in [-0.2, 0) is 16.1 Å². The van der Waals surface area contributed by atoms with Gasteiger partial charge in [0.05, 0.1) is 11.0 Å². The monoisotopic (exact) mass is 728 g/mol. The van der Waals surface area contributed by atoms with Crippen LogP contribution in [-0.4, -0.2) is 35.4 Å². The fourth-order valence-electron chi connectivity index (χ4n) is 14.4. The first-order valence-electron chi connectivity index (χ1n) is 21.2. The first-order chi connectivity index (χ1) is 24.9. The zero-order valence-electron chi connectivity index (χ0n) is 34.4. The molecule has 0 aliphatic heterocycles. The predicted molar refractivity (Wildman–Crippen MR) is 214 cm³/mol. The van der Waals surface area contributed by atoms with E-state index in [0.717, 1.165) is 18.4 Å². The summed E-state index contributed by atoms with van der Waals surface area (Å²) in [5.41, 5.74) is 4.07. The van der Waals surface area contributed by atoms with Crippen LogP contribution in [0.4, 0.5) is 4.39 Å². The van der Waals surface area contributed by atoms with Crippen LogP contribution in [0.3, 0.4) is 0 Å². The first-order valence-corrected chi connectivity index (χ1v) is 21.2. The molecule has 2 N–H and O–H groups in total. The molecule has 0 saturated heterocycles. The number of nitrogens with one attached hydrogen (secondary N) is 1. The molecule has 3 unspecified atom stereocenters. The lowest BCUT2D eigenvalue weighted by atomic mass is 9.33. The maximum atomic E-state index is 14.7. The van der Waals surface area contributed by atoms with Crippen LogP contribution in [0.2, 0.25) is 0 Å². The Labute approximate surface area is 320 Å². The molecule has 292 valence electrons. The number of allylic oxidation sites excluding steroid dienone is 5. The van der Waals surface area contributed by atoms with Gasteiger partial charge in [0.1, 0.15) is 13.3 Å². The van der Waals surface area contributed by atoms with Crippen LogP contribution >= 0.6 is 0 Å². The quantitative estimate of drug-likeness (QED) is 0.196. The van der Waals surface area contributed by atoms with Gasteiger partial charge in [-0.1, -0.05) is 89.3 Å². The minimum absolute atomic E-state index is 0.000681. The highest BCUT2D eigenvalue weighted by atomic mass is 19.1. The third-order valence-corrected chi connectivity index (χ3v) is 17.4. The smallest absolute Gasteiger partial charge is 0.315 e. The third-order valence-electron chi connectivity index (χ3n) is 17.4. The molecular formula is C48H70FNO3. The van der Waals surface area contributed by atoms with Gasteiger partial charge in [-0.25, -0.2) is 4.39 Å². The van der Waals surface area contributed by atoms with E-state index in [9.17, 15) is 14.3 Å². The summed E-state index contributed by atoms with van der Waals surface area (Å²) in [6, 6.07) is 9.68. The number of rotatable bonds is 9. The molecule has 0 radical (unpaired) electrons. The molecule has 0 bridgehead atoms. The second-order valence-corrected chi connectivity index (χ2v) is 21.0. The highest BCUT2D eigenvalue weighted by molar-refractivity contribution is 5.78. The zero-order valence-corrected chi connectivity index (χ0v) is 34.4. The maximum Gasteiger partial charge on any atom is 0.315 e. The van der Waals surface area contributed by atoms with Crippen molar-refractivity contribution in [3.05, 3.63) is 71.3 Å². The van der Waals surface area contributed by atoms with Crippen LogP contribution in [0.5, 0.6) is 0 Å². The Morgan fingerprint density at radius 1 is 0.925 bits per heavy atom. The van der Waals surface area contributed by atoms with Gasteiger partial charge in [-0.3, -0.25) is 4.79 Å². The van der Waals surface area contributed by atoms with E-state index in [-0.39, 0.29) is 33.8 Å². The molecule has 4 saturated carbocycles. The first kappa shape index (κ1) is 39.0. The second-order valence-electron chi connectivity index (χ2n) is 21.0. The van der Waals surface area contributed by atoms with E-state index < -0.39 is 23.7 Å². The molecule has 7 rings (SSSR count). The van der Waals surface area contributed by atoms with Crippen LogP contribution in [0, 0.1) is 56.7 Å². The molecule has 6 aliphatic rings. The molecule has 4 fully saturated rings. The Morgan fingerprint density at radius 2 is 1.66 bits per heavy atom. The molecule has 1 aromatic rings. The van der Waals surface area contributed by atoms with Crippen molar-refractivity contribution >= 4 is 5.97 Å². The lowest BCUT2D eigenvalue weighted by Crippen LogP contribution is -2.68. The summed E-state index contributed by atoms with van der Waals surface area (Å²) in [5, 5.41) is 14.8. The van der Waals surface area contributed by atoms with Crippen molar-refractivity contribution in [2.75, 3.05) is 13.2 Å². The highest BCUT2D eigenvalue weighted by Gasteiger charge is 2.70. The molecule has 0 heterocycles. The average molecular weight is 728 g/mol. The molecule has 0 aromatic heterocycles. The fourth-order valence-corrected chi connectivity index (χ4v) is 14.4. The Hall–Kier alpha value is -2.24. The molecule has 4 nitrogen and oxygen atoms in total. The normalized spacial score (nSPS) is 41.9. The Kier molecular flexibility index (Phi) is 9.91. The molecule has 0 amide bonds. The van der Waals surface area contributed by atoms with E-state index in [0.29, 0.717) is 49.0 Å². The minimum Gasteiger partial charge on any atom is -0.460 e. The summed E-state index contributed by atoms with van der Waals surface area (Å²) in [6.45, 7) is 23.9. The van der Waals surface area contributed by atoms with Crippen molar-refractivity contribution in [1.82, 2.24) is 5.32 Å². The molecule has 10 atom stereocenters. The van der Waals surface area contributed by atoms with Crippen LogP contribution in [0.25, 0.3) is 0 Å². The number of halogens is 1. The summed E-state index contributed by atoms with van der Waals surface area (Å²) in [4.78, 5) is 13.3. The van der Waals surface area contributed by atoms with Gasteiger partial charge in [0.2, 0.25) is 0 Å². The fraction of sp³-hybridized carbons (Fsp3) is 0.729. The Balaban J connectivity index is 1.13. The Bertz CT molecular complexity index is 1640. The van der Waals surface area contributed by atoms with Crippen LogP contribution in [0.15, 0.2) is 65.8 Å². The van der Waals surface area contributed by atoms with E-state index in [4.69, 9.17) is 4.74 Å². The van der Waals surface area contributed by atoms with Crippen molar-refractivity contribution in [3.8, 4) is 0 Å². The van der Waals surface area contributed by atoms with Crippen LogP contribution in [0.1, 0.15) is 138 Å². The van der Waals surface area contributed by atoms with E-state index >= 15 is 0 Å². The number of benzene rings is 1. The number of β-amino-alcohol motifs (C(OH)–C–C–N with tert-alkyl or cyclic N) is 1. The number of esters is 1. The van der Waals surface area contributed by atoms with Gasteiger partial charge in [0.15, 0.2) is 0 Å². The van der Waals surface area contributed by atoms with Gasteiger partial charge < -0.3 is 15.2 Å². The number of ether oxygens (including phenoxy) is 1. The maximum absolute atomic E-state index is 14.7. The van der Waals surface area contributed by atoms with Gasteiger partial charge in [0, 0.05) is 12.1 Å². The molecule has 53 heavy (non-hydrogen) atoms. The average Bonchev–Trinajstić information content (AvgIpc) is 3.50. The molecule has 0 spiro atoms. The van der Waals surface area contributed by atoms with Crippen molar-refractivity contribution in [1.29, 1.82) is 0 Å². The summed E-state index contributed by atoms with van der Waals surface area (Å²) in [5.74, 6) is 2.60. The summed E-state index contributed by atoms with van der Waals surface area (Å²) < 4.78 is 20.4. The van der Waals surface area contributed by atoms with Gasteiger partial charge in [-0.05, 0) is 166 Å². The second kappa shape index (κ2) is 13.5. The molecule has 5 heteroatoms. The standard InChI is InChI=1S/C48H70FNO3/c1-32(2)35-19-26-48(50-31-42(3,4)52)28-27-45(8)37(40(35)48)15-16-39-44(7)22-20-36(43(5,6)38(44)21-23-46(39,45)9)34-17-24-47(30-49,25-18-34)41(51)53-29-33-13-11-10-12-14-33/h10-14,17,20,35,37-40,50,52H,1,15-16,18-19,21-31H2,2-9H3/t35-,37+,38?,39?,40?,44-,45+,46+,47-,48-/m0/s1. The number of hydrogen-bond donors (Lipinski definition) is 2.